The molecule has 0 N–H and O–H groups in total. The van der Waals surface area contributed by atoms with Gasteiger partial charge in [-0.25, -0.2) is 0 Å². The van der Waals surface area contributed by atoms with Crippen molar-refractivity contribution >= 4 is 5.69 Å². The highest BCUT2D eigenvalue weighted by molar-refractivity contribution is 5.76. The number of rotatable bonds is 1. The second-order valence-corrected chi connectivity index (χ2v) is 4.69. The van der Waals surface area contributed by atoms with Crippen molar-refractivity contribution in [3.8, 4) is 11.3 Å². The van der Waals surface area contributed by atoms with Crippen molar-refractivity contribution in [2.24, 2.45) is 0 Å². The van der Waals surface area contributed by atoms with Gasteiger partial charge in [-0.2, -0.15) is 0 Å². The van der Waals surface area contributed by atoms with Crippen LogP contribution in [0.3, 0.4) is 0 Å². The molecule has 0 saturated heterocycles. The number of nitro groups is 1. The molecule has 1 heterocycles. The Balaban J connectivity index is 2.26. The van der Waals surface area contributed by atoms with Gasteiger partial charge in [0.05, 0.1) is 10.6 Å². The Morgan fingerprint density at radius 1 is 1.22 bits per heavy atom. The van der Waals surface area contributed by atoms with E-state index >= 15 is 0 Å². The van der Waals surface area contributed by atoms with Crippen LogP contribution in [0.5, 0.6) is 0 Å². The van der Waals surface area contributed by atoms with Gasteiger partial charge in [0, 0.05) is 29.3 Å². The van der Waals surface area contributed by atoms with Crippen LogP contribution >= 0.6 is 0 Å². The smallest absolute Gasteiger partial charge is 0.258 e. The SMILES string of the molecule is Cc1ccc2c(n1)-c1cc([N+](=O)[O-])c(C)cc1C2. The minimum Gasteiger partial charge on any atom is -0.258 e. The lowest BCUT2D eigenvalue weighted by atomic mass is 10.0. The predicted octanol–water partition coefficient (Wildman–Crippen LogP) is 3.18. The summed E-state index contributed by atoms with van der Waals surface area (Å²) < 4.78 is 0. The molecule has 4 nitrogen and oxygen atoms in total. The molecule has 0 radical (unpaired) electrons. The Hall–Kier alpha value is -2.23. The zero-order valence-electron chi connectivity index (χ0n) is 10.2. The van der Waals surface area contributed by atoms with Crippen molar-refractivity contribution in [1.29, 1.82) is 0 Å². The van der Waals surface area contributed by atoms with Crippen molar-refractivity contribution in [2.75, 3.05) is 0 Å². The summed E-state index contributed by atoms with van der Waals surface area (Å²) in [5.74, 6) is 0. The van der Waals surface area contributed by atoms with E-state index in [1.807, 2.05) is 19.1 Å². The maximum absolute atomic E-state index is 11.0. The monoisotopic (exact) mass is 240 g/mol. The maximum atomic E-state index is 11.0. The first-order valence-corrected chi connectivity index (χ1v) is 5.81. The minimum atomic E-state index is -0.330. The van der Waals surface area contributed by atoms with Crippen LogP contribution in [0.1, 0.15) is 22.4 Å². The first kappa shape index (κ1) is 10.9. The van der Waals surface area contributed by atoms with Gasteiger partial charge in [0.2, 0.25) is 0 Å². The van der Waals surface area contributed by atoms with Gasteiger partial charge >= 0.3 is 0 Å². The molecular formula is C14H12N2O2. The summed E-state index contributed by atoms with van der Waals surface area (Å²) in [5.41, 5.74) is 5.90. The van der Waals surface area contributed by atoms with E-state index in [1.54, 1.807) is 13.0 Å². The van der Waals surface area contributed by atoms with Gasteiger partial charge in [0.15, 0.2) is 0 Å². The predicted molar refractivity (Wildman–Crippen MR) is 68.6 cm³/mol. The molecule has 0 aliphatic heterocycles. The first-order valence-electron chi connectivity index (χ1n) is 5.81. The molecule has 90 valence electrons. The average Bonchev–Trinajstić information content (AvgIpc) is 2.64. The van der Waals surface area contributed by atoms with Crippen LogP contribution in [0.4, 0.5) is 5.69 Å². The van der Waals surface area contributed by atoms with Crippen LogP contribution in [0.15, 0.2) is 24.3 Å². The molecule has 3 rings (SSSR count). The zero-order chi connectivity index (χ0) is 12.9. The lowest BCUT2D eigenvalue weighted by Gasteiger charge is -2.03. The topological polar surface area (TPSA) is 56.0 Å². The highest BCUT2D eigenvalue weighted by Crippen LogP contribution is 2.38. The molecule has 0 unspecified atom stereocenters. The molecular weight excluding hydrogens is 228 g/mol. The van der Waals surface area contributed by atoms with Gasteiger partial charge in [0.25, 0.3) is 5.69 Å². The van der Waals surface area contributed by atoms with Crippen LogP contribution < -0.4 is 0 Å². The van der Waals surface area contributed by atoms with Crippen LogP contribution in [-0.2, 0) is 6.42 Å². The molecule has 1 aliphatic carbocycles. The van der Waals surface area contributed by atoms with Crippen LogP contribution in [0.2, 0.25) is 0 Å². The van der Waals surface area contributed by atoms with E-state index in [4.69, 9.17) is 0 Å². The summed E-state index contributed by atoms with van der Waals surface area (Å²) in [7, 11) is 0. The quantitative estimate of drug-likeness (QED) is 0.485. The van der Waals surface area contributed by atoms with E-state index in [2.05, 4.69) is 11.1 Å². The largest absolute Gasteiger partial charge is 0.272 e. The number of aryl methyl sites for hydroxylation is 2. The molecule has 18 heavy (non-hydrogen) atoms. The number of benzene rings is 1. The third kappa shape index (κ3) is 1.49. The van der Waals surface area contributed by atoms with Gasteiger partial charge in [-0.15, -0.1) is 0 Å². The number of aromatic nitrogens is 1. The summed E-state index contributed by atoms with van der Waals surface area (Å²) >= 11 is 0. The van der Waals surface area contributed by atoms with E-state index in [-0.39, 0.29) is 10.6 Å². The third-order valence-electron chi connectivity index (χ3n) is 3.37. The summed E-state index contributed by atoms with van der Waals surface area (Å²) in [6.45, 7) is 3.71. The highest BCUT2D eigenvalue weighted by atomic mass is 16.6. The van der Waals surface area contributed by atoms with Gasteiger partial charge in [-0.3, -0.25) is 15.1 Å². The first-order chi connectivity index (χ1) is 8.56. The number of hydrogen-bond acceptors (Lipinski definition) is 3. The Morgan fingerprint density at radius 2 is 2.00 bits per heavy atom. The minimum absolute atomic E-state index is 0.171. The number of nitro benzene ring substituents is 1. The number of hydrogen-bond donors (Lipinski definition) is 0. The Kier molecular flexibility index (Phi) is 2.20. The standard InChI is InChI=1S/C14H12N2O2/c1-8-5-11-6-10-4-3-9(2)15-14(10)12(11)7-13(8)16(17)18/h3-5,7H,6H2,1-2H3. The average molecular weight is 240 g/mol. The molecule has 0 saturated carbocycles. The molecule has 0 atom stereocenters. The fraction of sp³-hybridized carbons (Fsp3) is 0.214. The van der Waals surface area contributed by atoms with Gasteiger partial charge in [-0.1, -0.05) is 6.07 Å². The lowest BCUT2D eigenvalue weighted by Crippen LogP contribution is -1.94. The van der Waals surface area contributed by atoms with E-state index in [9.17, 15) is 10.1 Å². The molecule has 0 bridgehead atoms. The Bertz CT molecular complexity index is 678. The summed E-state index contributed by atoms with van der Waals surface area (Å²) in [6.07, 6.45) is 0.816. The molecule has 0 amide bonds. The van der Waals surface area contributed by atoms with Crippen LogP contribution in [0.25, 0.3) is 11.3 Å². The van der Waals surface area contributed by atoms with Gasteiger partial charge < -0.3 is 0 Å². The second kappa shape index (κ2) is 3.63. The van der Waals surface area contributed by atoms with Crippen molar-refractivity contribution < 1.29 is 4.92 Å². The fourth-order valence-corrected chi connectivity index (χ4v) is 2.49. The second-order valence-electron chi connectivity index (χ2n) is 4.69. The molecule has 1 aromatic heterocycles. The summed E-state index contributed by atoms with van der Waals surface area (Å²) in [5, 5.41) is 11.0. The number of fused-ring (bicyclic) bond motifs is 3. The van der Waals surface area contributed by atoms with Crippen molar-refractivity contribution in [2.45, 2.75) is 20.3 Å². The van der Waals surface area contributed by atoms with Gasteiger partial charge in [-0.05, 0) is 37.1 Å². The fourth-order valence-electron chi connectivity index (χ4n) is 2.49. The van der Waals surface area contributed by atoms with E-state index < -0.39 is 0 Å². The molecule has 2 aromatic rings. The molecule has 0 spiro atoms. The molecule has 1 aliphatic rings. The third-order valence-corrected chi connectivity index (χ3v) is 3.37. The molecule has 4 heteroatoms. The normalized spacial score (nSPS) is 12.1. The summed E-state index contributed by atoms with van der Waals surface area (Å²) in [4.78, 5) is 15.2. The van der Waals surface area contributed by atoms with Crippen LogP contribution in [0, 0.1) is 24.0 Å². The zero-order valence-corrected chi connectivity index (χ0v) is 10.2. The lowest BCUT2D eigenvalue weighted by molar-refractivity contribution is -0.385. The Morgan fingerprint density at radius 3 is 2.72 bits per heavy atom. The van der Waals surface area contributed by atoms with Crippen molar-refractivity contribution in [1.82, 2.24) is 4.98 Å². The number of pyridine rings is 1. The van der Waals surface area contributed by atoms with Gasteiger partial charge in [0.1, 0.15) is 0 Å². The van der Waals surface area contributed by atoms with E-state index in [0.29, 0.717) is 5.56 Å². The number of nitrogens with zero attached hydrogens (tertiary/aromatic N) is 2. The van der Waals surface area contributed by atoms with E-state index in [0.717, 1.165) is 34.5 Å². The Labute approximate surface area is 104 Å². The molecule has 1 aromatic carbocycles. The van der Waals surface area contributed by atoms with Crippen LogP contribution in [-0.4, -0.2) is 9.91 Å². The van der Waals surface area contributed by atoms with Crippen molar-refractivity contribution in [3.05, 3.63) is 56.8 Å². The molecule has 0 fully saturated rings. The van der Waals surface area contributed by atoms with Crippen molar-refractivity contribution in [3.63, 3.8) is 0 Å². The summed E-state index contributed by atoms with van der Waals surface area (Å²) in [6, 6.07) is 7.60. The van der Waals surface area contributed by atoms with E-state index in [1.165, 1.54) is 0 Å². The highest BCUT2D eigenvalue weighted by Gasteiger charge is 2.24. The maximum Gasteiger partial charge on any atom is 0.272 e.